The summed E-state index contributed by atoms with van der Waals surface area (Å²) in [5.41, 5.74) is 5.71. The van der Waals surface area contributed by atoms with E-state index in [0.717, 1.165) is 68.6 Å². The van der Waals surface area contributed by atoms with E-state index < -0.39 is 0 Å². The summed E-state index contributed by atoms with van der Waals surface area (Å²) in [6.45, 7) is 3.36. The molecule has 2 heterocycles. The number of ether oxygens (including phenoxy) is 1. The first-order valence-electron chi connectivity index (χ1n) is 12.9. The van der Waals surface area contributed by atoms with Gasteiger partial charge in [0.05, 0.1) is 0 Å². The maximum Gasteiger partial charge on any atom is 0.329 e. The monoisotopic (exact) mass is 461 g/mol. The maximum atomic E-state index is 13.2. The van der Waals surface area contributed by atoms with Gasteiger partial charge in [-0.05, 0) is 99.0 Å². The number of aryl methyl sites for hydroxylation is 1. The number of rotatable bonds is 6. The molecule has 3 aliphatic rings. The van der Waals surface area contributed by atoms with Gasteiger partial charge in [0.1, 0.15) is 6.10 Å². The summed E-state index contributed by atoms with van der Waals surface area (Å²) >= 11 is 0. The number of carbonyl (C=O) groups is 2. The Morgan fingerprint density at radius 3 is 2.32 bits per heavy atom. The van der Waals surface area contributed by atoms with Gasteiger partial charge in [0.2, 0.25) is 0 Å². The van der Waals surface area contributed by atoms with Crippen LogP contribution in [0.3, 0.4) is 0 Å². The van der Waals surface area contributed by atoms with Gasteiger partial charge in [-0.1, -0.05) is 24.6 Å². The summed E-state index contributed by atoms with van der Waals surface area (Å²) in [4.78, 5) is 29.1. The van der Waals surface area contributed by atoms with E-state index >= 15 is 0 Å². The summed E-state index contributed by atoms with van der Waals surface area (Å²) in [7, 11) is 0. The minimum absolute atomic E-state index is 0.0236. The third-order valence-corrected chi connectivity index (χ3v) is 7.37. The van der Waals surface area contributed by atoms with E-state index in [9.17, 15) is 9.59 Å². The summed E-state index contributed by atoms with van der Waals surface area (Å²) in [5.74, 6) is -0.0992. The lowest BCUT2D eigenvalue weighted by molar-refractivity contribution is -0.150. The molecule has 5 rings (SSSR count). The second kappa shape index (κ2) is 10.6. The number of nitrogens with one attached hydrogen (secondary N) is 1. The average Bonchev–Trinajstić information content (AvgIpc) is 3.09. The number of esters is 1. The van der Waals surface area contributed by atoms with Crippen molar-refractivity contribution in [1.82, 2.24) is 5.32 Å². The van der Waals surface area contributed by atoms with Crippen LogP contribution in [0.2, 0.25) is 0 Å². The summed E-state index contributed by atoms with van der Waals surface area (Å²) in [6, 6.07) is 14.5. The van der Waals surface area contributed by atoms with Crippen molar-refractivity contribution in [2.45, 2.75) is 63.9 Å². The molecule has 2 aromatic rings. The van der Waals surface area contributed by atoms with Crippen LogP contribution in [0.15, 0.2) is 42.5 Å². The van der Waals surface area contributed by atoms with Crippen LogP contribution < -0.4 is 15.1 Å². The van der Waals surface area contributed by atoms with Crippen LogP contribution >= 0.6 is 0 Å². The lowest BCUT2D eigenvalue weighted by Crippen LogP contribution is -2.31. The minimum atomic E-state index is -0.0992. The molecule has 6 heteroatoms. The molecule has 0 atom stereocenters. The third kappa shape index (κ3) is 5.27. The molecule has 1 saturated heterocycles. The van der Waals surface area contributed by atoms with E-state index in [0.29, 0.717) is 25.9 Å². The van der Waals surface area contributed by atoms with E-state index in [1.165, 1.54) is 17.5 Å². The first kappa shape index (κ1) is 22.9. The van der Waals surface area contributed by atoms with Crippen molar-refractivity contribution in [3.63, 3.8) is 0 Å². The molecule has 0 unspecified atom stereocenters. The molecule has 2 amide bonds. The fourth-order valence-corrected chi connectivity index (χ4v) is 5.36. The number of amides is 2. The lowest BCUT2D eigenvalue weighted by atomic mass is 9.98. The third-order valence-electron chi connectivity index (χ3n) is 7.37. The van der Waals surface area contributed by atoms with Gasteiger partial charge in [-0.2, -0.15) is 0 Å². The minimum Gasteiger partial charge on any atom is -0.462 e. The van der Waals surface area contributed by atoms with Crippen molar-refractivity contribution >= 4 is 23.4 Å². The second-order valence-corrected chi connectivity index (χ2v) is 9.71. The fraction of sp³-hybridized carbons (Fsp3) is 0.500. The van der Waals surface area contributed by atoms with Crippen molar-refractivity contribution in [2.75, 3.05) is 36.0 Å². The molecule has 1 aliphatic carbocycles. The molecule has 1 N–H and O–H groups in total. The van der Waals surface area contributed by atoms with Crippen LogP contribution in [-0.4, -0.2) is 44.3 Å². The van der Waals surface area contributed by atoms with Crippen LogP contribution in [0.5, 0.6) is 0 Å². The number of benzene rings is 2. The van der Waals surface area contributed by atoms with Gasteiger partial charge in [-0.15, -0.1) is 0 Å². The number of fused-ring (bicyclic) bond motifs is 1. The first-order chi connectivity index (χ1) is 16.7. The number of urea groups is 1. The highest BCUT2D eigenvalue weighted by Gasteiger charge is 2.31. The number of anilines is 2. The zero-order chi connectivity index (χ0) is 23.3. The zero-order valence-corrected chi connectivity index (χ0v) is 19.9. The van der Waals surface area contributed by atoms with Gasteiger partial charge in [0.15, 0.2) is 0 Å². The van der Waals surface area contributed by atoms with Crippen molar-refractivity contribution in [3.8, 4) is 0 Å². The lowest BCUT2D eigenvalue weighted by Gasteiger charge is -2.21. The Balaban J connectivity index is 1.17. The standard InChI is InChI=1S/C28H35N3O3/c32-27(34-26-4-2-1-3-5-26)13-8-21-6-10-24(11-7-21)30-18-19-31(28(30)33)25-12-9-22-14-16-29-17-15-23(22)20-25/h6-7,9-12,20,26,29H,1-5,8,13-19H2. The van der Waals surface area contributed by atoms with Gasteiger partial charge in [0.25, 0.3) is 0 Å². The molecular formula is C28H35N3O3. The van der Waals surface area contributed by atoms with Crippen LogP contribution in [0.4, 0.5) is 16.2 Å². The van der Waals surface area contributed by atoms with Gasteiger partial charge < -0.3 is 10.1 Å². The van der Waals surface area contributed by atoms with E-state index in [1.54, 1.807) is 0 Å². The molecule has 180 valence electrons. The molecule has 2 fully saturated rings. The van der Waals surface area contributed by atoms with Crippen LogP contribution in [0.1, 0.15) is 55.2 Å². The molecule has 2 aromatic carbocycles. The fourth-order valence-electron chi connectivity index (χ4n) is 5.36. The molecule has 0 radical (unpaired) electrons. The van der Waals surface area contributed by atoms with Crippen molar-refractivity contribution in [3.05, 3.63) is 59.2 Å². The number of hydrogen-bond acceptors (Lipinski definition) is 4. The Kier molecular flexibility index (Phi) is 7.14. The van der Waals surface area contributed by atoms with Crippen molar-refractivity contribution in [1.29, 1.82) is 0 Å². The van der Waals surface area contributed by atoms with Gasteiger partial charge in [-0.3, -0.25) is 14.6 Å². The van der Waals surface area contributed by atoms with Crippen molar-refractivity contribution < 1.29 is 14.3 Å². The largest absolute Gasteiger partial charge is 0.462 e. The smallest absolute Gasteiger partial charge is 0.329 e. The average molecular weight is 462 g/mol. The molecule has 6 nitrogen and oxygen atoms in total. The Bertz CT molecular complexity index is 1010. The predicted octanol–water partition coefficient (Wildman–Crippen LogP) is 4.63. The Hall–Kier alpha value is -2.86. The molecule has 0 spiro atoms. The topological polar surface area (TPSA) is 61.9 Å². The highest BCUT2D eigenvalue weighted by molar-refractivity contribution is 6.06. The van der Waals surface area contributed by atoms with E-state index in [4.69, 9.17) is 4.74 Å². The Morgan fingerprint density at radius 1 is 0.882 bits per heavy atom. The van der Waals surface area contributed by atoms with E-state index in [1.807, 2.05) is 34.1 Å². The number of nitrogens with zero attached hydrogens (tertiary/aromatic N) is 2. The second-order valence-electron chi connectivity index (χ2n) is 9.71. The van der Waals surface area contributed by atoms with Crippen LogP contribution in [0, 0.1) is 0 Å². The molecule has 0 aromatic heterocycles. The van der Waals surface area contributed by atoms with Crippen LogP contribution in [-0.2, 0) is 28.8 Å². The molecule has 0 bridgehead atoms. The normalized spacial score (nSPS) is 19.1. The quantitative estimate of drug-likeness (QED) is 0.637. The van der Waals surface area contributed by atoms with E-state index in [-0.39, 0.29) is 18.1 Å². The molecule has 34 heavy (non-hydrogen) atoms. The predicted molar refractivity (Wildman–Crippen MR) is 135 cm³/mol. The molecular weight excluding hydrogens is 426 g/mol. The van der Waals surface area contributed by atoms with Gasteiger partial charge in [-0.25, -0.2) is 4.79 Å². The molecule has 1 saturated carbocycles. The Labute approximate surface area is 202 Å². The van der Waals surface area contributed by atoms with Gasteiger partial charge in [0, 0.05) is 30.9 Å². The van der Waals surface area contributed by atoms with E-state index in [2.05, 4.69) is 23.5 Å². The number of hydrogen-bond donors (Lipinski definition) is 1. The van der Waals surface area contributed by atoms with Gasteiger partial charge >= 0.3 is 12.0 Å². The SMILES string of the molecule is O=C(CCc1ccc(N2CCN(c3ccc4c(c3)CCNCC4)C2=O)cc1)OC1CCCCC1. The highest BCUT2D eigenvalue weighted by Crippen LogP contribution is 2.28. The maximum absolute atomic E-state index is 13.2. The highest BCUT2D eigenvalue weighted by atomic mass is 16.5. The Morgan fingerprint density at radius 2 is 1.56 bits per heavy atom. The molecule has 2 aliphatic heterocycles. The summed E-state index contributed by atoms with van der Waals surface area (Å²) in [6.07, 6.45) is 8.81. The zero-order valence-electron chi connectivity index (χ0n) is 19.9. The van der Waals surface area contributed by atoms with Crippen molar-refractivity contribution in [2.24, 2.45) is 0 Å². The summed E-state index contributed by atoms with van der Waals surface area (Å²) in [5, 5.41) is 3.44. The first-order valence-corrected chi connectivity index (χ1v) is 12.9. The summed E-state index contributed by atoms with van der Waals surface area (Å²) < 4.78 is 5.63. The number of carbonyl (C=O) groups excluding carboxylic acids is 2. The van der Waals surface area contributed by atoms with Crippen LogP contribution in [0.25, 0.3) is 0 Å².